The topological polar surface area (TPSA) is 262 Å². The van der Waals surface area contributed by atoms with Gasteiger partial charge in [0, 0.05) is 0 Å². The monoisotopic (exact) mass is 638 g/mol. The Morgan fingerprint density at radius 3 is 1.14 bits per heavy atom. The quantitative estimate of drug-likeness (QED) is 0.0753. The highest BCUT2D eigenvalue weighted by Crippen LogP contribution is 2.40. The summed E-state index contributed by atoms with van der Waals surface area (Å²) in [5.74, 6) is 0. The van der Waals surface area contributed by atoms with Gasteiger partial charge in [0.15, 0.2) is 0 Å². The molecule has 0 aliphatic heterocycles. The Labute approximate surface area is 254 Å². The summed E-state index contributed by atoms with van der Waals surface area (Å²) in [5.41, 5.74) is 28.3. The molecule has 16 heteroatoms. The fourth-order valence-corrected chi connectivity index (χ4v) is 5.75. The summed E-state index contributed by atoms with van der Waals surface area (Å²) in [5, 5.41) is 16.6. The van der Waals surface area contributed by atoms with Crippen LogP contribution in [0.15, 0.2) is 78.8 Å². The van der Waals surface area contributed by atoms with Gasteiger partial charge in [0.1, 0.15) is 21.2 Å². The molecule has 0 saturated heterocycles. The fourth-order valence-electron chi connectivity index (χ4n) is 4.35. The molecule has 0 unspecified atom stereocenters. The lowest BCUT2D eigenvalue weighted by Gasteiger charge is -2.11. The van der Waals surface area contributed by atoms with E-state index in [1.807, 2.05) is 38.1 Å². The Bertz CT molecular complexity index is 1960. The predicted octanol–water partition coefficient (Wildman–Crippen LogP) is 6.24. The van der Waals surface area contributed by atoms with Crippen molar-refractivity contribution in [2.45, 2.75) is 37.5 Å². The summed E-state index contributed by atoms with van der Waals surface area (Å²) in [4.78, 5) is -1.01. The predicted molar refractivity (Wildman–Crippen MR) is 169 cm³/mol. The molecule has 0 aliphatic rings. The smallest absolute Gasteiger partial charge is 0.296 e. The Kier molecular flexibility index (Phi) is 8.48. The molecule has 0 spiro atoms. The summed E-state index contributed by atoms with van der Waals surface area (Å²) < 4.78 is 65.8. The SMILES string of the molecule is Cc1cc(-c2ccc(N=Nc3c(N)c(C)cc(S(=O)(=O)O)c3N)c(C)c2)ccc1N=Nc1c(N)c(C)cc(S(=O)(=O)O)c1N. The second kappa shape index (κ2) is 11.6. The van der Waals surface area contributed by atoms with Crippen molar-refractivity contribution in [1.29, 1.82) is 0 Å². The second-order valence-corrected chi connectivity index (χ2v) is 12.9. The Morgan fingerprint density at radius 1 is 0.500 bits per heavy atom. The molecule has 0 radical (unpaired) electrons. The molecule has 4 aromatic rings. The number of benzene rings is 4. The van der Waals surface area contributed by atoms with E-state index in [1.54, 1.807) is 26.0 Å². The van der Waals surface area contributed by atoms with Crippen molar-refractivity contribution in [3.8, 4) is 11.1 Å². The number of rotatable bonds is 7. The molecular formula is C28H30N8O6S2. The van der Waals surface area contributed by atoms with E-state index >= 15 is 0 Å². The van der Waals surface area contributed by atoms with Crippen LogP contribution in [0.25, 0.3) is 11.1 Å². The van der Waals surface area contributed by atoms with Gasteiger partial charge in [0.2, 0.25) is 0 Å². The van der Waals surface area contributed by atoms with E-state index in [-0.39, 0.29) is 34.1 Å². The van der Waals surface area contributed by atoms with Crippen LogP contribution in [-0.2, 0) is 20.2 Å². The number of nitrogens with zero attached hydrogens (tertiary/aromatic N) is 4. The van der Waals surface area contributed by atoms with Crippen molar-refractivity contribution < 1.29 is 25.9 Å². The first-order valence-corrected chi connectivity index (χ1v) is 15.7. The fraction of sp³-hybridized carbons (Fsp3) is 0.143. The summed E-state index contributed by atoms with van der Waals surface area (Å²) in [6, 6.07) is 13.2. The molecule has 0 saturated carbocycles. The van der Waals surface area contributed by atoms with Crippen molar-refractivity contribution in [2.75, 3.05) is 22.9 Å². The Balaban J connectivity index is 1.64. The van der Waals surface area contributed by atoms with E-state index < -0.39 is 30.0 Å². The van der Waals surface area contributed by atoms with Crippen LogP contribution in [0.1, 0.15) is 22.3 Å². The molecule has 4 rings (SSSR count). The minimum absolute atomic E-state index is 0.0649. The lowest BCUT2D eigenvalue weighted by atomic mass is 10.0. The number of nitrogens with two attached hydrogens (primary N) is 4. The van der Waals surface area contributed by atoms with E-state index in [0.717, 1.165) is 22.3 Å². The average molecular weight is 639 g/mol. The second-order valence-electron chi connectivity index (χ2n) is 10.1. The van der Waals surface area contributed by atoms with Crippen LogP contribution in [0.3, 0.4) is 0 Å². The number of hydrogen-bond donors (Lipinski definition) is 6. The van der Waals surface area contributed by atoms with Crippen LogP contribution in [0.2, 0.25) is 0 Å². The van der Waals surface area contributed by atoms with E-state index in [9.17, 15) is 25.9 Å². The highest BCUT2D eigenvalue weighted by Gasteiger charge is 2.22. The molecule has 0 aromatic heterocycles. The third kappa shape index (κ3) is 6.37. The van der Waals surface area contributed by atoms with E-state index in [4.69, 9.17) is 22.9 Å². The van der Waals surface area contributed by atoms with Crippen molar-refractivity contribution in [3.63, 3.8) is 0 Å². The molecule has 0 amide bonds. The maximum Gasteiger partial charge on any atom is 0.296 e. The summed E-state index contributed by atoms with van der Waals surface area (Å²) in [6.07, 6.45) is 0. The molecule has 14 nitrogen and oxygen atoms in total. The molecule has 0 aliphatic carbocycles. The van der Waals surface area contributed by atoms with E-state index in [1.165, 1.54) is 12.1 Å². The van der Waals surface area contributed by atoms with Gasteiger partial charge in [-0.15, -0.1) is 10.2 Å². The van der Waals surface area contributed by atoms with Gasteiger partial charge in [0.25, 0.3) is 20.2 Å². The first-order chi connectivity index (χ1) is 20.4. The third-order valence-electron chi connectivity index (χ3n) is 6.89. The van der Waals surface area contributed by atoms with Gasteiger partial charge in [-0.1, -0.05) is 12.1 Å². The molecule has 0 bridgehead atoms. The van der Waals surface area contributed by atoms with Gasteiger partial charge in [-0.25, -0.2) is 0 Å². The number of anilines is 4. The van der Waals surface area contributed by atoms with Crippen LogP contribution < -0.4 is 22.9 Å². The van der Waals surface area contributed by atoms with Gasteiger partial charge in [-0.05, 0) is 97.5 Å². The molecule has 0 atom stereocenters. The molecule has 0 fully saturated rings. The molecule has 10 N–H and O–H groups in total. The van der Waals surface area contributed by atoms with E-state index in [0.29, 0.717) is 22.5 Å². The molecular weight excluding hydrogens is 608 g/mol. The van der Waals surface area contributed by atoms with Crippen LogP contribution in [-0.4, -0.2) is 25.9 Å². The van der Waals surface area contributed by atoms with Crippen LogP contribution in [0.5, 0.6) is 0 Å². The summed E-state index contributed by atoms with van der Waals surface area (Å²) >= 11 is 0. The standard InChI is InChI=1S/C28H30N8O6S2/c1-13-9-17(5-7-19(13)33-35-27-23(29)15(3)11-21(25(27)31)43(37,38)39)18-6-8-20(14(2)10-18)34-36-28-24(30)16(4)12-22(26(28)32)44(40,41)42/h5-12H,29-32H2,1-4H3,(H,37,38,39)(H,40,41,42). The average Bonchev–Trinajstić information content (AvgIpc) is 2.92. The Hall–Kier alpha value is -4.90. The number of hydrogen-bond acceptors (Lipinski definition) is 12. The van der Waals surface area contributed by atoms with Crippen molar-refractivity contribution in [3.05, 3.63) is 70.8 Å². The lowest BCUT2D eigenvalue weighted by molar-refractivity contribution is 0.481. The van der Waals surface area contributed by atoms with Gasteiger partial charge >= 0.3 is 0 Å². The van der Waals surface area contributed by atoms with Crippen LogP contribution in [0, 0.1) is 27.7 Å². The maximum atomic E-state index is 11.7. The van der Waals surface area contributed by atoms with Gasteiger partial charge < -0.3 is 22.9 Å². The highest BCUT2D eigenvalue weighted by molar-refractivity contribution is 7.86. The normalized spacial score (nSPS) is 12.4. The maximum absolute atomic E-state index is 11.7. The molecule has 230 valence electrons. The first kappa shape index (κ1) is 32.0. The first-order valence-electron chi connectivity index (χ1n) is 12.8. The lowest BCUT2D eigenvalue weighted by Crippen LogP contribution is -2.06. The van der Waals surface area contributed by atoms with Crippen molar-refractivity contribution in [1.82, 2.24) is 0 Å². The highest BCUT2D eigenvalue weighted by atomic mass is 32.2. The number of azo groups is 2. The largest absolute Gasteiger partial charge is 0.397 e. The van der Waals surface area contributed by atoms with Crippen LogP contribution >= 0.6 is 0 Å². The zero-order valence-corrected chi connectivity index (χ0v) is 25.7. The molecule has 44 heavy (non-hydrogen) atoms. The van der Waals surface area contributed by atoms with E-state index in [2.05, 4.69) is 20.5 Å². The van der Waals surface area contributed by atoms with Gasteiger partial charge in [-0.2, -0.15) is 27.1 Å². The molecule has 4 aromatic carbocycles. The Morgan fingerprint density at radius 2 is 0.841 bits per heavy atom. The number of aryl methyl sites for hydroxylation is 4. The van der Waals surface area contributed by atoms with Crippen molar-refractivity contribution >= 4 is 65.7 Å². The third-order valence-corrected chi connectivity index (χ3v) is 8.68. The zero-order chi connectivity index (χ0) is 32.7. The minimum Gasteiger partial charge on any atom is -0.397 e. The molecule has 0 heterocycles. The summed E-state index contributed by atoms with van der Waals surface area (Å²) in [6.45, 7) is 6.75. The van der Waals surface area contributed by atoms with Crippen molar-refractivity contribution in [2.24, 2.45) is 20.5 Å². The zero-order valence-electron chi connectivity index (χ0n) is 24.1. The minimum atomic E-state index is -4.60. The van der Waals surface area contributed by atoms with Crippen LogP contribution in [0.4, 0.5) is 45.5 Å². The van der Waals surface area contributed by atoms with Gasteiger partial charge in [0.05, 0.1) is 34.1 Å². The number of nitrogen functional groups attached to an aromatic ring is 4. The van der Waals surface area contributed by atoms with Gasteiger partial charge in [-0.3, -0.25) is 9.11 Å². The summed E-state index contributed by atoms with van der Waals surface area (Å²) in [7, 11) is -9.19.